The van der Waals surface area contributed by atoms with Crippen LogP contribution >= 0.6 is 0 Å². The molecule has 0 atom stereocenters. The predicted molar refractivity (Wildman–Crippen MR) is 90.6 cm³/mol. The molecule has 0 aliphatic heterocycles. The van der Waals surface area contributed by atoms with Crippen molar-refractivity contribution in [3.8, 4) is 0 Å². The van der Waals surface area contributed by atoms with E-state index in [9.17, 15) is 0 Å². The summed E-state index contributed by atoms with van der Waals surface area (Å²) in [5.41, 5.74) is 9.85. The van der Waals surface area contributed by atoms with E-state index in [0.717, 1.165) is 41.9 Å². The molecule has 0 unspecified atom stereocenters. The quantitative estimate of drug-likeness (QED) is 0.615. The van der Waals surface area contributed by atoms with Crippen molar-refractivity contribution in [2.75, 3.05) is 11.4 Å². The summed E-state index contributed by atoms with van der Waals surface area (Å²) < 4.78 is 0. The Labute approximate surface area is 126 Å². The second kappa shape index (κ2) is 6.93. The molecule has 21 heavy (non-hydrogen) atoms. The van der Waals surface area contributed by atoms with E-state index in [1.54, 1.807) is 0 Å². The number of unbranched alkanes of at least 4 members (excludes halogenated alkanes) is 1. The summed E-state index contributed by atoms with van der Waals surface area (Å²) in [5, 5.41) is 7.86. The van der Waals surface area contributed by atoms with Gasteiger partial charge in [-0.05, 0) is 37.6 Å². The number of amidine groups is 1. The van der Waals surface area contributed by atoms with Gasteiger partial charge in [0, 0.05) is 17.8 Å². The molecule has 3 heteroatoms. The van der Waals surface area contributed by atoms with Gasteiger partial charge in [-0.1, -0.05) is 43.2 Å². The molecule has 0 spiro atoms. The summed E-state index contributed by atoms with van der Waals surface area (Å²) in [4.78, 5) is 2.25. The van der Waals surface area contributed by atoms with Crippen molar-refractivity contribution in [3.63, 3.8) is 0 Å². The standard InChI is InChI=1S/C18H23N3/c1-3-4-12-21(15-8-6-5-7-9-15)17-11-10-14(2)13-16(17)18(19)20/h5-11,13H,3-4,12H2,1-2H3,(H3,19,20). The maximum atomic E-state index is 7.86. The number of anilines is 2. The van der Waals surface area contributed by atoms with Crippen LogP contribution in [0.2, 0.25) is 0 Å². The van der Waals surface area contributed by atoms with Gasteiger partial charge in [0.05, 0.1) is 5.69 Å². The molecule has 0 saturated carbocycles. The van der Waals surface area contributed by atoms with Crippen LogP contribution in [0, 0.1) is 12.3 Å². The SMILES string of the molecule is CCCCN(c1ccccc1)c1ccc(C)cc1C(=N)N. The topological polar surface area (TPSA) is 53.1 Å². The lowest BCUT2D eigenvalue weighted by Crippen LogP contribution is -2.23. The van der Waals surface area contributed by atoms with Crippen molar-refractivity contribution in [2.24, 2.45) is 5.73 Å². The highest BCUT2D eigenvalue weighted by Crippen LogP contribution is 2.29. The van der Waals surface area contributed by atoms with Gasteiger partial charge in [0.15, 0.2) is 0 Å². The van der Waals surface area contributed by atoms with E-state index < -0.39 is 0 Å². The van der Waals surface area contributed by atoms with E-state index in [1.165, 1.54) is 0 Å². The van der Waals surface area contributed by atoms with E-state index in [-0.39, 0.29) is 5.84 Å². The smallest absolute Gasteiger partial charge is 0.124 e. The number of benzene rings is 2. The number of nitrogens with zero attached hydrogens (tertiary/aromatic N) is 1. The Morgan fingerprint density at radius 3 is 2.48 bits per heavy atom. The molecule has 0 bridgehead atoms. The van der Waals surface area contributed by atoms with Gasteiger partial charge in [0.25, 0.3) is 0 Å². The second-order valence-electron chi connectivity index (χ2n) is 5.28. The van der Waals surface area contributed by atoms with E-state index in [1.807, 2.05) is 31.2 Å². The minimum Gasteiger partial charge on any atom is -0.384 e. The van der Waals surface area contributed by atoms with Gasteiger partial charge in [-0.2, -0.15) is 0 Å². The molecule has 0 heterocycles. The summed E-state index contributed by atoms with van der Waals surface area (Å²) in [6.45, 7) is 5.13. The van der Waals surface area contributed by atoms with Crippen LogP contribution < -0.4 is 10.6 Å². The van der Waals surface area contributed by atoms with Gasteiger partial charge in [-0.15, -0.1) is 0 Å². The molecule has 3 nitrogen and oxygen atoms in total. The van der Waals surface area contributed by atoms with Gasteiger partial charge in [0.1, 0.15) is 5.84 Å². The third kappa shape index (κ3) is 3.63. The molecule has 2 rings (SSSR count). The molecule has 2 aromatic rings. The van der Waals surface area contributed by atoms with E-state index in [4.69, 9.17) is 11.1 Å². The number of nitrogens with one attached hydrogen (secondary N) is 1. The molecular formula is C18H23N3. The maximum absolute atomic E-state index is 7.86. The lowest BCUT2D eigenvalue weighted by molar-refractivity contribution is 0.785. The number of nitrogen functional groups attached to an aromatic ring is 1. The molecule has 0 aliphatic carbocycles. The molecule has 0 radical (unpaired) electrons. The molecule has 0 amide bonds. The Kier molecular flexibility index (Phi) is 4.99. The summed E-state index contributed by atoms with van der Waals surface area (Å²) in [6.07, 6.45) is 2.23. The Balaban J connectivity index is 2.48. The average Bonchev–Trinajstić information content (AvgIpc) is 2.49. The fourth-order valence-electron chi connectivity index (χ4n) is 2.41. The van der Waals surface area contributed by atoms with Crippen molar-refractivity contribution >= 4 is 17.2 Å². The molecule has 3 N–H and O–H groups in total. The Morgan fingerprint density at radius 2 is 1.86 bits per heavy atom. The Morgan fingerprint density at radius 1 is 1.14 bits per heavy atom. The largest absolute Gasteiger partial charge is 0.384 e. The first-order chi connectivity index (χ1) is 10.1. The van der Waals surface area contributed by atoms with Crippen LogP contribution in [-0.4, -0.2) is 12.4 Å². The number of aryl methyl sites for hydroxylation is 1. The van der Waals surface area contributed by atoms with Crippen LogP contribution in [0.4, 0.5) is 11.4 Å². The third-order valence-electron chi connectivity index (χ3n) is 3.54. The molecule has 0 aliphatic rings. The number of hydrogen-bond acceptors (Lipinski definition) is 2. The van der Waals surface area contributed by atoms with Crippen molar-refractivity contribution in [2.45, 2.75) is 26.7 Å². The number of para-hydroxylation sites is 1. The second-order valence-corrected chi connectivity index (χ2v) is 5.28. The predicted octanol–water partition coefficient (Wildman–Crippen LogP) is 4.22. The number of hydrogen-bond donors (Lipinski definition) is 2. The lowest BCUT2D eigenvalue weighted by Gasteiger charge is -2.27. The highest BCUT2D eigenvalue weighted by molar-refractivity contribution is 6.01. The first-order valence-corrected chi connectivity index (χ1v) is 7.41. The fraction of sp³-hybridized carbons (Fsp3) is 0.278. The third-order valence-corrected chi connectivity index (χ3v) is 3.54. The average molecular weight is 281 g/mol. The first kappa shape index (κ1) is 15.1. The van der Waals surface area contributed by atoms with Gasteiger partial charge in [0.2, 0.25) is 0 Å². The molecule has 0 saturated heterocycles. The zero-order valence-electron chi connectivity index (χ0n) is 12.8. The molecular weight excluding hydrogens is 258 g/mol. The summed E-state index contributed by atoms with van der Waals surface area (Å²) >= 11 is 0. The number of nitrogens with two attached hydrogens (primary N) is 1. The monoisotopic (exact) mass is 281 g/mol. The van der Waals surface area contributed by atoms with Crippen LogP contribution in [0.3, 0.4) is 0 Å². The van der Waals surface area contributed by atoms with Crippen molar-refractivity contribution in [1.82, 2.24) is 0 Å². The van der Waals surface area contributed by atoms with Crippen LogP contribution in [0.1, 0.15) is 30.9 Å². The zero-order valence-corrected chi connectivity index (χ0v) is 12.8. The van der Waals surface area contributed by atoms with Crippen molar-refractivity contribution in [1.29, 1.82) is 5.41 Å². The molecule has 110 valence electrons. The maximum Gasteiger partial charge on any atom is 0.124 e. The van der Waals surface area contributed by atoms with Gasteiger partial charge < -0.3 is 10.6 Å². The van der Waals surface area contributed by atoms with Gasteiger partial charge in [-0.25, -0.2) is 0 Å². The van der Waals surface area contributed by atoms with Crippen molar-refractivity contribution < 1.29 is 0 Å². The van der Waals surface area contributed by atoms with E-state index in [2.05, 4.69) is 36.1 Å². The van der Waals surface area contributed by atoms with Crippen LogP contribution in [0.15, 0.2) is 48.5 Å². The van der Waals surface area contributed by atoms with E-state index >= 15 is 0 Å². The summed E-state index contributed by atoms with van der Waals surface area (Å²) in [5.74, 6) is 0.117. The fourth-order valence-corrected chi connectivity index (χ4v) is 2.41. The minimum absolute atomic E-state index is 0.117. The Hall–Kier alpha value is -2.29. The zero-order chi connectivity index (χ0) is 15.2. The van der Waals surface area contributed by atoms with Crippen LogP contribution in [0.25, 0.3) is 0 Å². The molecule has 0 fully saturated rings. The Bertz CT molecular complexity index is 605. The number of rotatable bonds is 6. The normalized spacial score (nSPS) is 10.4. The van der Waals surface area contributed by atoms with Gasteiger partial charge in [-0.3, -0.25) is 5.41 Å². The van der Waals surface area contributed by atoms with E-state index in [0.29, 0.717) is 0 Å². The summed E-state index contributed by atoms with van der Waals surface area (Å²) in [6, 6.07) is 16.4. The van der Waals surface area contributed by atoms with Gasteiger partial charge >= 0.3 is 0 Å². The van der Waals surface area contributed by atoms with Crippen LogP contribution in [0.5, 0.6) is 0 Å². The molecule has 0 aromatic heterocycles. The molecule has 2 aromatic carbocycles. The first-order valence-electron chi connectivity index (χ1n) is 7.41. The van der Waals surface area contributed by atoms with Crippen LogP contribution in [-0.2, 0) is 0 Å². The van der Waals surface area contributed by atoms with Crippen molar-refractivity contribution in [3.05, 3.63) is 59.7 Å². The lowest BCUT2D eigenvalue weighted by atomic mass is 10.1. The highest BCUT2D eigenvalue weighted by Gasteiger charge is 2.14. The highest BCUT2D eigenvalue weighted by atomic mass is 15.1. The minimum atomic E-state index is 0.117. The summed E-state index contributed by atoms with van der Waals surface area (Å²) in [7, 11) is 0.